The van der Waals surface area contributed by atoms with Crippen molar-refractivity contribution < 1.29 is 14.3 Å². The van der Waals surface area contributed by atoms with Crippen molar-refractivity contribution in [3.63, 3.8) is 0 Å². The topological polar surface area (TPSA) is 43.4 Å². The average molecular weight is 385 g/mol. The second-order valence-electron chi connectivity index (χ2n) is 8.03. The van der Waals surface area contributed by atoms with Crippen LogP contribution < -0.4 is 0 Å². The summed E-state index contributed by atoms with van der Waals surface area (Å²) in [5.74, 6) is -1.18. The third kappa shape index (κ3) is 3.46. The summed E-state index contributed by atoms with van der Waals surface area (Å²) in [5.41, 5.74) is 1.65. The lowest BCUT2D eigenvalue weighted by molar-refractivity contribution is -0.184. The van der Waals surface area contributed by atoms with Crippen molar-refractivity contribution in [2.24, 2.45) is 0 Å². The van der Waals surface area contributed by atoms with Crippen molar-refractivity contribution in [1.82, 2.24) is 0 Å². The van der Waals surface area contributed by atoms with Gasteiger partial charge in [-0.15, -0.1) is 0 Å². The van der Waals surface area contributed by atoms with E-state index in [9.17, 15) is 9.59 Å². The Morgan fingerprint density at radius 1 is 0.963 bits per heavy atom. The standard InChI is InChI=1S/C23H25ClO3/c1-6-14-13-15(16-9-7-8-10-18(16)24)11-12-17(14)19-20(25)22(2,3)27-23(4,5)21(19)26/h7-13,19H,6H2,1-5H3. The van der Waals surface area contributed by atoms with Gasteiger partial charge in [0.25, 0.3) is 0 Å². The minimum Gasteiger partial charge on any atom is -0.354 e. The summed E-state index contributed by atoms with van der Waals surface area (Å²) < 4.78 is 5.80. The van der Waals surface area contributed by atoms with E-state index >= 15 is 0 Å². The smallest absolute Gasteiger partial charge is 0.179 e. The summed E-state index contributed by atoms with van der Waals surface area (Å²) in [6.07, 6.45) is 0.715. The van der Waals surface area contributed by atoms with Crippen LogP contribution in [0.1, 0.15) is 51.7 Å². The number of aryl methyl sites for hydroxylation is 1. The number of rotatable bonds is 3. The number of hydrogen-bond donors (Lipinski definition) is 0. The molecular weight excluding hydrogens is 360 g/mol. The fourth-order valence-electron chi connectivity index (χ4n) is 3.89. The second-order valence-corrected chi connectivity index (χ2v) is 8.44. The molecule has 142 valence electrons. The molecule has 0 atom stereocenters. The van der Waals surface area contributed by atoms with Gasteiger partial charge in [-0.25, -0.2) is 0 Å². The van der Waals surface area contributed by atoms with E-state index in [1.165, 1.54) is 0 Å². The molecule has 27 heavy (non-hydrogen) atoms. The summed E-state index contributed by atoms with van der Waals surface area (Å²) >= 11 is 6.34. The highest BCUT2D eigenvalue weighted by Crippen LogP contribution is 2.40. The summed E-state index contributed by atoms with van der Waals surface area (Å²) in [7, 11) is 0. The summed E-state index contributed by atoms with van der Waals surface area (Å²) in [4.78, 5) is 26.1. The average Bonchev–Trinajstić information content (AvgIpc) is 2.60. The predicted octanol–water partition coefficient (Wildman–Crippen LogP) is 5.38. The largest absolute Gasteiger partial charge is 0.354 e. The van der Waals surface area contributed by atoms with Crippen LogP contribution in [0.15, 0.2) is 42.5 Å². The van der Waals surface area contributed by atoms with Crippen LogP contribution in [0, 0.1) is 0 Å². The zero-order chi connectivity index (χ0) is 20.0. The molecule has 1 aliphatic heterocycles. The number of ketones is 2. The monoisotopic (exact) mass is 384 g/mol. The maximum Gasteiger partial charge on any atom is 0.179 e. The van der Waals surface area contributed by atoms with Gasteiger partial charge in [-0.1, -0.05) is 54.9 Å². The van der Waals surface area contributed by atoms with Gasteiger partial charge in [0.1, 0.15) is 17.1 Å². The van der Waals surface area contributed by atoms with Gasteiger partial charge < -0.3 is 4.74 Å². The maximum atomic E-state index is 13.1. The van der Waals surface area contributed by atoms with Crippen molar-refractivity contribution in [3.8, 4) is 11.1 Å². The van der Waals surface area contributed by atoms with Crippen LogP contribution in [0.2, 0.25) is 5.02 Å². The minimum atomic E-state index is -1.01. The Kier molecular flexibility index (Phi) is 5.04. The van der Waals surface area contributed by atoms with Gasteiger partial charge in [-0.3, -0.25) is 9.59 Å². The zero-order valence-electron chi connectivity index (χ0n) is 16.4. The Hall–Kier alpha value is -1.97. The van der Waals surface area contributed by atoms with Crippen molar-refractivity contribution in [1.29, 1.82) is 0 Å². The van der Waals surface area contributed by atoms with Crippen LogP contribution in [-0.4, -0.2) is 22.8 Å². The molecule has 1 saturated heterocycles. The third-order valence-electron chi connectivity index (χ3n) is 5.24. The molecule has 0 saturated carbocycles. The highest BCUT2D eigenvalue weighted by molar-refractivity contribution is 6.33. The van der Waals surface area contributed by atoms with E-state index in [0.717, 1.165) is 22.3 Å². The molecule has 1 fully saturated rings. The molecule has 0 spiro atoms. The van der Waals surface area contributed by atoms with Gasteiger partial charge in [0.15, 0.2) is 11.6 Å². The Balaban J connectivity index is 2.12. The lowest BCUT2D eigenvalue weighted by atomic mass is 9.73. The predicted molar refractivity (Wildman–Crippen MR) is 108 cm³/mol. The molecule has 0 aliphatic carbocycles. The molecule has 1 aliphatic rings. The van der Waals surface area contributed by atoms with Gasteiger partial charge in [0, 0.05) is 10.6 Å². The minimum absolute atomic E-state index is 0.188. The first-order valence-electron chi connectivity index (χ1n) is 9.25. The molecular formula is C23H25ClO3. The van der Waals surface area contributed by atoms with Crippen molar-refractivity contribution >= 4 is 23.2 Å². The normalized spacial score (nSPS) is 19.3. The second kappa shape index (κ2) is 6.88. The molecule has 1 heterocycles. The first kappa shape index (κ1) is 19.8. The highest BCUT2D eigenvalue weighted by atomic mass is 35.5. The number of carbonyl (C=O) groups excluding carboxylic acids is 2. The van der Waals surface area contributed by atoms with Crippen LogP contribution in [0.25, 0.3) is 11.1 Å². The fourth-order valence-corrected chi connectivity index (χ4v) is 4.14. The Labute approximate surface area is 165 Å². The molecule has 0 N–H and O–H groups in total. The van der Waals surface area contributed by atoms with Crippen LogP contribution in [-0.2, 0) is 20.7 Å². The van der Waals surface area contributed by atoms with E-state index in [-0.39, 0.29) is 11.6 Å². The third-order valence-corrected chi connectivity index (χ3v) is 5.57. The van der Waals surface area contributed by atoms with Crippen molar-refractivity contribution in [3.05, 3.63) is 58.6 Å². The Bertz CT molecular complexity index is 886. The molecule has 3 nitrogen and oxygen atoms in total. The van der Waals surface area contributed by atoms with E-state index in [0.29, 0.717) is 11.4 Å². The Morgan fingerprint density at radius 3 is 2.11 bits per heavy atom. The molecule has 2 aromatic rings. The molecule has 0 aromatic heterocycles. The molecule has 2 aromatic carbocycles. The van der Waals surface area contributed by atoms with E-state index in [4.69, 9.17) is 16.3 Å². The van der Waals surface area contributed by atoms with Gasteiger partial charge in [-0.2, -0.15) is 0 Å². The lowest BCUT2D eigenvalue weighted by Gasteiger charge is -2.43. The van der Waals surface area contributed by atoms with Crippen molar-refractivity contribution in [2.45, 2.75) is 58.2 Å². The number of hydrogen-bond acceptors (Lipinski definition) is 3. The quantitative estimate of drug-likeness (QED) is 0.667. The first-order valence-corrected chi connectivity index (χ1v) is 9.63. The summed E-state index contributed by atoms with van der Waals surface area (Å²) in [5, 5.41) is 0.674. The highest BCUT2D eigenvalue weighted by Gasteiger charge is 2.53. The van der Waals surface area contributed by atoms with E-state index in [1.54, 1.807) is 27.7 Å². The first-order chi connectivity index (χ1) is 12.6. The molecule has 0 radical (unpaired) electrons. The number of Topliss-reactive ketones (excluding diaryl/α,β-unsaturated/α-hetero) is 2. The molecule has 4 heteroatoms. The Morgan fingerprint density at radius 2 is 1.56 bits per heavy atom. The van der Waals surface area contributed by atoms with E-state index in [1.807, 2.05) is 49.4 Å². The van der Waals surface area contributed by atoms with Crippen molar-refractivity contribution in [2.75, 3.05) is 0 Å². The van der Waals surface area contributed by atoms with Crippen LogP contribution in [0.5, 0.6) is 0 Å². The van der Waals surface area contributed by atoms with Crippen LogP contribution in [0.4, 0.5) is 0 Å². The van der Waals surface area contributed by atoms with Crippen LogP contribution >= 0.6 is 11.6 Å². The SMILES string of the molecule is CCc1cc(-c2ccccc2Cl)ccc1C1C(=O)C(C)(C)OC(C)(C)C1=O. The number of benzene rings is 2. The number of halogens is 1. The number of carbonyl (C=O) groups is 2. The molecule has 0 amide bonds. The lowest BCUT2D eigenvalue weighted by Crippen LogP contribution is -2.58. The van der Waals surface area contributed by atoms with Gasteiger partial charge in [-0.05, 0) is 56.9 Å². The zero-order valence-corrected chi connectivity index (χ0v) is 17.2. The van der Waals surface area contributed by atoms with Crippen LogP contribution in [0.3, 0.4) is 0 Å². The van der Waals surface area contributed by atoms with Gasteiger partial charge >= 0.3 is 0 Å². The summed E-state index contributed by atoms with van der Waals surface area (Å²) in [6, 6.07) is 13.5. The fraction of sp³-hybridized carbons (Fsp3) is 0.391. The maximum absolute atomic E-state index is 13.1. The molecule has 3 rings (SSSR count). The summed E-state index contributed by atoms with van der Waals surface area (Å²) in [6.45, 7) is 8.97. The van der Waals surface area contributed by atoms with E-state index in [2.05, 4.69) is 0 Å². The van der Waals surface area contributed by atoms with E-state index < -0.39 is 17.1 Å². The van der Waals surface area contributed by atoms with Gasteiger partial charge in [0.05, 0.1) is 0 Å². The molecule has 0 bridgehead atoms. The molecule has 0 unspecified atom stereocenters. The number of ether oxygens (including phenoxy) is 1. The van der Waals surface area contributed by atoms with Gasteiger partial charge in [0.2, 0.25) is 0 Å².